The van der Waals surface area contributed by atoms with E-state index in [1.807, 2.05) is 0 Å². The van der Waals surface area contributed by atoms with E-state index in [1.165, 1.54) is 30.3 Å². The van der Waals surface area contributed by atoms with Crippen LogP contribution in [0.15, 0.2) is 36.4 Å². The summed E-state index contributed by atoms with van der Waals surface area (Å²) in [5, 5.41) is 23.1. The molecule has 0 unspecified atom stereocenters. The summed E-state index contributed by atoms with van der Waals surface area (Å²) in [6.07, 6.45) is 0. The van der Waals surface area contributed by atoms with Crippen LogP contribution in [0.5, 0.6) is 5.75 Å². The van der Waals surface area contributed by atoms with Crippen LogP contribution in [0.1, 0.15) is 15.9 Å². The van der Waals surface area contributed by atoms with Gasteiger partial charge in [-0.3, -0.25) is 14.9 Å². The van der Waals surface area contributed by atoms with E-state index in [2.05, 4.69) is 5.32 Å². The number of nitro benzene ring substituents is 1. The van der Waals surface area contributed by atoms with E-state index in [0.717, 1.165) is 5.56 Å². The van der Waals surface area contributed by atoms with Gasteiger partial charge in [-0.05, 0) is 30.7 Å². The van der Waals surface area contributed by atoms with Crippen molar-refractivity contribution in [3.63, 3.8) is 0 Å². The Hall–Kier alpha value is -2.60. The number of hydrogen-bond acceptors (Lipinski definition) is 4. The van der Waals surface area contributed by atoms with Gasteiger partial charge in [0.1, 0.15) is 11.3 Å². The average Bonchev–Trinajstić information content (AvgIpc) is 2.41. The molecule has 7 heteroatoms. The first kappa shape index (κ1) is 14.8. The smallest absolute Gasteiger partial charge is 0.283 e. The van der Waals surface area contributed by atoms with Gasteiger partial charge < -0.3 is 10.4 Å². The third-order valence-electron chi connectivity index (χ3n) is 2.82. The largest absolute Gasteiger partial charge is 0.506 e. The minimum Gasteiger partial charge on any atom is -0.506 e. The fourth-order valence-corrected chi connectivity index (χ4v) is 2.08. The number of rotatable bonds is 3. The number of anilines is 1. The van der Waals surface area contributed by atoms with Gasteiger partial charge in [0.15, 0.2) is 0 Å². The summed E-state index contributed by atoms with van der Waals surface area (Å²) in [7, 11) is 0. The molecule has 0 aliphatic carbocycles. The second kappa shape index (κ2) is 5.80. The third kappa shape index (κ3) is 3.11. The Morgan fingerprint density at radius 2 is 2.05 bits per heavy atom. The first-order valence-electron chi connectivity index (χ1n) is 5.94. The Morgan fingerprint density at radius 3 is 2.67 bits per heavy atom. The molecule has 1 amide bonds. The molecule has 108 valence electrons. The summed E-state index contributed by atoms with van der Waals surface area (Å²) in [6.45, 7) is 1.78. The standard InChI is InChI=1S/C14H11ClN2O4/c1-8-5-6-10(12(18)7-8)16-14(19)13-9(15)3-2-4-11(13)17(20)21/h2-7,18H,1H3,(H,16,19). The van der Waals surface area contributed by atoms with E-state index < -0.39 is 16.5 Å². The zero-order valence-electron chi connectivity index (χ0n) is 11.0. The van der Waals surface area contributed by atoms with Gasteiger partial charge in [-0.15, -0.1) is 0 Å². The number of carbonyl (C=O) groups is 1. The van der Waals surface area contributed by atoms with Gasteiger partial charge in [0, 0.05) is 6.07 Å². The van der Waals surface area contributed by atoms with Crippen LogP contribution in [0, 0.1) is 17.0 Å². The molecule has 0 aromatic heterocycles. The number of nitrogens with one attached hydrogen (secondary N) is 1. The Balaban J connectivity index is 2.39. The second-order valence-electron chi connectivity index (χ2n) is 4.37. The maximum atomic E-state index is 12.2. The molecular formula is C14H11ClN2O4. The van der Waals surface area contributed by atoms with Crippen molar-refractivity contribution in [2.45, 2.75) is 6.92 Å². The highest BCUT2D eigenvalue weighted by molar-refractivity contribution is 6.35. The van der Waals surface area contributed by atoms with Crippen molar-refractivity contribution in [1.82, 2.24) is 0 Å². The molecule has 2 aromatic rings. The van der Waals surface area contributed by atoms with Crippen molar-refractivity contribution < 1.29 is 14.8 Å². The van der Waals surface area contributed by atoms with E-state index in [1.54, 1.807) is 13.0 Å². The van der Waals surface area contributed by atoms with E-state index in [0.29, 0.717) is 0 Å². The molecule has 0 saturated carbocycles. The normalized spacial score (nSPS) is 10.2. The third-order valence-corrected chi connectivity index (χ3v) is 3.13. The highest BCUT2D eigenvalue weighted by Gasteiger charge is 2.23. The molecule has 21 heavy (non-hydrogen) atoms. The van der Waals surface area contributed by atoms with Crippen LogP contribution < -0.4 is 5.32 Å². The van der Waals surface area contributed by atoms with E-state index in [9.17, 15) is 20.0 Å². The zero-order valence-corrected chi connectivity index (χ0v) is 11.7. The summed E-state index contributed by atoms with van der Waals surface area (Å²) in [4.78, 5) is 22.5. The molecule has 0 aliphatic rings. The van der Waals surface area contributed by atoms with Crippen LogP contribution in [-0.4, -0.2) is 15.9 Å². The van der Waals surface area contributed by atoms with Crippen LogP contribution in [0.3, 0.4) is 0 Å². The SMILES string of the molecule is Cc1ccc(NC(=O)c2c(Cl)cccc2[N+](=O)[O-])c(O)c1. The predicted molar refractivity (Wildman–Crippen MR) is 78.9 cm³/mol. The van der Waals surface area contributed by atoms with Crippen molar-refractivity contribution in [2.24, 2.45) is 0 Å². The highest BCUT2D eigenvalue weighted by atomic mass is 35.5. The maximum absolute atomic E-state index is 12.2. The number of halogens is 1. The number of nitrogens with zero attached hydrogens (tertiary/aromatic N) is 1. The van der Waals surface area contributed by atoms with Gasteiger partial charge >= 0.3 is 0 Å². The lowest BCUT2D eigenvalue weighted by atomic mass is 10.1. The minimum absolute atomic E-state index is 0.0340. The topological polar surface area (TPSA) is 92.5 Å². The quantitative estimate of drug-likeness (QED) is 0.515. The number of aryl methyl sites for hydroxylation is 1. The Kier molecular flexibility index (Phi) is 4.09. The summed E-state index contributed by atoms with van der Waals surface area (Å²) in [5.74, 6) is -0.885. The van der Waals surface area contributed by atoms with Gasteiger partial charge in [-0.2, -0.15) is 0 Å². The molecule has 0 aliphatic heterocycles. The fraction of sp³-hybridized carbons (Fsp3) is 0.0714. The number of phenolic OH excluding ortho intramolecular Hbond substituents is 1. The molecule has 0 radical (unpaired) electrons. The molecule has 2 N–H and O–H groups in total. The molecule has 0 saturated heterocycles. The molecule has 2 rings (SSSR count). The van der Waals surface area contributed by atoms with Gasteiger partial charge in [-0.1, -0.05) is 23.7 Å². The van der Waals surface area contributed by atoms with Crippen molar-refractivity contribution in [2.75, 3.05) is 5.32 Å². The molecule has 0 fully saturated rings. The minimum atomic E-state index is -0.758. The zero-order chi connectivity index (χ0) is 15.6. The maximum Gasteiger partial charge on any atom is 0.283 e. The number of aromatic hydroxyl groups is 1. The van der Waals surface area contributed by atoms with Crippen molar-refractivity contribution in [3.8, 4) is 5.75 Å². The van der Waals surface area contributed by atoms with Crippen LogP contribution in [0.2, 0.25) is 5.02 Å². The van der Waals surface area contributed by atoms with Crippen molar-refractivity contribution in [1.29, 1.82) is 0 Å². The molecule has 6 nitrogen and oxygen atoms in total. The Bertz CT molecular complexity index is 731. The first-order chi connectivity index (χ1) is 9.90. The van der Waals surface area contributed by atoms with Gasteiger partial charge in [0.2, 0.25) is 0 Å². The highest BCUT2D eigenvalue weighted by Crippen LogP contribution is 2.29. The van der Waals surface area contributed by atoms with Crippen molar-refractivity contribution in [3.05, 3.63) is 62.7 Å². The number of benzene rings is 2. The van der Waals surface area contributed by atoms with E-state index >= 15 is 0 Å². The number of amides is 1. The van der Waals surface area contributed by atoms with Crippen LogP contribution in [0.4, 0.5) is 11.4 Å². The fourth-order valence-electron chi connectivity index (χ4n) is 1.82. The van der Waals surface area contributed by atoms with Gasteiger partial charge in [0.25, 0.3) is 11.6 Å². The Morgan fingerprint density at radius 1 is 1.33 bits per heavy atom. The second-order valence-corrected chi connectivity index (χ2v) is 4.77. The molecule has 2 aromatic carbocycles. The van der Waals surface area contributed by atoms with Crippen LogP contribution in [0.25, 0.3) is 0 Å². The monoisotopic (exact) mass is 306 g/mol. The Labute approximate surface area is 125 Å². The summed E-state index contributed by atoms with van der Waals surface area (Å²) in [5.41, 5.74) is 0.324. The predicted octanol–water partition coefficient (Wildman–Crippen LogP) is 3.51. The molecular weight excluding hydrogens is 296 g/mol. The van der Waals surface area contributed by atoms with Crippen LogP contribution >= 0.6 is 11.6 Å². The molecule has 0 atom stereocenters. The van der Waals surface area contributed by atoms with E-state index in [4.69, 9.17) is 11.6 Å². The lowest BCUT2D eigenvalue weighted by Crippen LogP contribution is -2.14. The summed E-state index contributed by atoms with van der Waals surface area (Å²) >= 11 is 5.87. The summed E-state index contributed by atoms with van der Waals surface area (Å²) in [6, 6.07) is 8.63. The molecule has 0 bridgehead atoms. The lowest BCUT2D eigenvalue weighted by Gasteiger charge is -2.09. The van der Waals surface area contributed by atoms with Crippen LogP contribution in [-0.2, 0) is 0 Å². The lowest BCUT2D eigenvalue weighted by molar-refractivity contribution is -0.385. The molecule has 0 spiro atoms. The van der Waals surface area contributed by atoms with Gasteiger partial charge in [0.05, 0.1) is 15.6 Å². The number of carbonyl (C=O) groups excluding carboxylic acids is 1. The van der Waals surface area contributed by atoms with E-state index in [-0.39, 0.29) is 22.0 Å². The summed E-state index contributed by atoms with van der Waals surface area (Å²) < 4.78 is 0. The molecule has 0 heterocycles. The number of hydrogen-bond donors (Lipinski definition) is 2. The number of nitro groups is 1. The first-order valence-corrected chi connectivity index (χ1v) is 6.32. The van der Waals surface area contributed by atoms with Crippen molar-refractivity contribution >= 4 is 28.9 Å². The van der Waals surface area contributed by atoms with Gasteiger partial charge in [-0.25, -0.2) is 0 Å². The average molecular weight is 307 g/mol. The number of phenols is 1.